The summed E-state index contributed by atoms with van der Waals surface area (Å²) in [7, 11) is 1.62. The summed E-state index contributed by atoms with van der Waals surface area (Å²) in [5, 5.41) is 2.83. The Balaban J connectivity index is 1.47. The largest absolute Gasteiger partial charge is 0.497 e. The summed E-state index contributed by atoms with van der Waals surface area (Å²) in [4.78, 5) is 12.0. The van der Waals surface area contributed by atoms with Gasteiger partial charge in [-0.05, 0) is 42.0 Å². The van der Waals surface area contributed by atoms with Gasteiger partial charge in [0.05, 0.1) is 7.11 Å². The van der Waals surface area contributed by atoms with Crippen LogP contribution in [0.5, 0.6) is 23.0 Å². The highest BCUT2D eigenvalue weighted by atomic mass is 16.5. The molecule has 0 aromatic heterocycles. The summed E-state index contributed by atoms with van der Waals surface area (Å²) in [6.45, 7) is 0.369. The summed E-state index contributed by atoms with van der Waals surface area (Å²) in [6.07, 6.45) is 0. The zero-order valence-electron chi connectivity index (χ0n) is 15.1. The number of nitrogens with one attached hydrogen (secondary N) is 1. The number of ether oxygens (including phenoxy) is 3. The third-order valence-electron chi connectivity index (χ3n) is 3.80. The Morgan fingerprint density at radius 1 is 0.815 bits per heavy atom. The van der Waals surface area contributed by atoms with Gasteiger partial charge in [-0.3, -0.25) is 4.79 Å². The normalized spacial score (nSPS) is 10.1. The highest BCUT2D eigenvalue weighted by Gasteiger charge is 2.05. The Kier molecular flexibility index (Phi) is 6.30. The van der Waals surface area contributed by atoms with E-state index in [0.29, 0.717) is 18.0 Å². The van der Waals surface area contributed by atoms with E-state index in [1.807, 2.05) is 66.7 Å². The molecular weight excluding hydrogens is 342 g/mol. The Bertz CT molecular complexity index is 863. The van der Waals surface area contributed by atoms with Crippen molar-refractivity contribution in [2.24, 2.45) is 0 Å². The van der Waals surface area contributed by atoms with Gasteiger partial charge in [-0.2, -0.15) is 0 Å². The molecule has 0 heterocycles. The molecule has 0 spiro atoms. The maximum absolute atomic E-state index is 12.0. The lowest BCUT2D eigenvalue weighted by molar-refractivity contribution is -0.123. The first-order valence-electron chi connectivity index (χ1n) is 8.58. The van der Waals surface area contributed by atoms with Crippen molar-refractivity contribution in [3.63, 3.8) is 0 Å². The van der Waals surface area contributed by atoms with Gasteiger partial charge in [-0.25, -0.2) is 0 Å². The maximum atomic E-state index is 12.0. The standard InChI is InChI=1S/C22H21NO4/c1-25-18-12-10-17(11-13-18)15-23-22(24)16-26-20-8-5-9-21(14-20)27-19-6-3-2-4-7-19/h2-14H,15-16H2,1H3,(H,23,24). The van der Waals surface area contributed by atoms with Crippen LogP contribution in [0.1, 0.15) is 5.56 Å². The number of hydrogen-bond donors (Lipinski definition) is 1. The van der Waals surface area contributed by atoms with E-state index in [1.165, 1.54) is 0 Å². The number of methoxy groups -OCH3 is 1. The zero-order valence-corrected chi connectivity index (χ0v) is 15.1. The minimum Gasteiger partial charge on any atom is -0.497 e. The van der Waals surface area contributed by atoms with E-state index < -0.39 is 0 Å². The van der Waals surface area contributed by atoms with Crippen LogP contribution in [0.15, 0.2) is 78.9 Å². The van der Waals surface area contributed by atoms with Crippen LogP contribution in [0, 0.1) is 0 Å². The average molecular weight is 363 g/mol. The SMILES string of the molecule is COc1ccc(CNC(=O)COc2cccc(Oc3ccccc3)c2)cc1. The van der Waals surface area contributed by atoms with Gasteiger partial charge < -0.3 is 19.5 Å². The number of carbonyl (C=O) groups excluding carboxylic acids is 1. The van der Waals surface area contributed by atoms with Crippen molar-refractivity contribution >= 4 is 5.91 Å². The molecule has 0 atom stereocenters. The van der Waals surface area contributed by atoms with Crippen molar-refractivity contribution in [1.29, 1.82) is 0 Å². The van der Waals surface area contributed by atoms with Crippen LogP contribution in [-0.2, 0) is 11.3 Å². The van der Waals surface area contributed by atoms with Gasteiger partial charge in [-0.15, -0.1) is 0 Å². The zero-order chi connectivity index (χ0) is 18.9. The second-order valence-electron chi connectivity index (χ2n) is 5.80. The van der Waals surface area contributed by atoms with Crippen molar-refractivity contribution in [2.75, 3.05) is 13.7 Å². The number of carbonyl (C=O) groups is 1. The predicted molar refractivity (Wildman–Crippen MR) is 103 cm³/mol. The van der Waals surface area contributed by atoms with Crippen molar-refractivity contribution in [3.05, 3.63) is 84.4 Å². The van der Waals surface area contributed by atoms with E-state index in [9.17, 15) is 4.79 Å². The van der Waals surface area contributed by atoms with E-state index in [0.717, 1.165) is 17.1 Å². The molecular formula is C22H21NO4. The van der Waals surface area contributed by atoms with Crippen molar-refractivity contribution in [1.82, 2.24) is 5.32 Å². The van der Waals surface area contributed by atoms with E-state index in [1.54, 1.807) is 19.2 Å². The minimum atomic E-state index is -0.194. The number of para-hydroxylation sites is 1. The quantitative estimate of drug-likeness (QED) is 0.652. The van der Waals surface area contributed by atoms with E-state index in [4.69, 9.17) is 14.2 Å². The topological polar surface area (TPSA) is 56.8 Å². The van der Waals surface area contributed by atoms with E-state index >= 15 is 0 Å². The van der Waals surface area contributed by atoms with Gasteiger partial charge >= 0.3 is 0 Å². The number of hydrogen-bond acceptors (Lipinski definition) is 4. The van der Waals surface area contributed by atoms with Crippen molar-refractivity contribution in [2.45, 2.75) is 6.54 Å². The van der Waals surface area contributed by atoms with Crippen molar-refractivity contribution < 1.29 is 19.0 Å². The lowest BCUT2D eigenvalue weighted by atomic mass is 10.2. The van der Waals surface area contributed by atoms with Gasteiger partial charge in [0.2, 0.25) is 0 Å². The molecule has 138 valence electrons. The summed E-state index contributed by atoms with van der Waals surface area (Å²) in [6, 6.07) is 24.2. The lowest BCUT2D eigenvalue weighted by Gasteiger charge is -2.10. The van der Waals surface area contributed by atoms with Crippen LogP contribution in [0.2, 0.25) is 0 Å². The summed E-state index contributed by atoms with van der Waals surface area (Å²) in [5.41, 5.74) is 0.988. The molecule has 0 fully saturated rings. The highest BCUT2D eigenvalue weighted by molar-refractivity contribution is 5.77. The first kappa shape index (κ1) is 18.3. The first-order chi connectivity index (χ1) is 13.2. The minimum absolute atomic E-state index is 0.0645. The van der Waals surface area contributed by atoms with Crippen LogP contribution >= 0.6 is 0 Å². The number of amides is 1. The third kappa shape index (κ3) is 5.78. The molecule has 0 radical (unpaired) electrons. The molecule has 0 aliphatic rings. The Labute approximate surface area is 158 Å². The monoisotopic (exact) mass is 363 g/mol. The van der Waals surface area contributed by atoms with Crippen LogP contribution < -0.4 is 19.5 Å². The molecule has 0 aliphatic carbocycles. The molecule has 0 saturated carbocycles. The van der Waals surface area contributed by atoms with Crippen molar-refractivity contribution in [3.8, 4) is 23.0 Å². The summed E-state index contributed by atoms with van der Waals surface area (Å²) in [5.74, 6) is 2.55. The third-order valence-corrected chi connectivity index (χ3v) is 3.80. The summed E-state index contributed by atoms with van der Waals surface area (Å²) < 4.78 is 16.4. The van der Waals surface area contributed by atoms with Gasteiger partial charge in [0.25, 0.3) is 5.91 Å². The molecule has 0 unspecified atom stereocenters. The maximum Gasteiger partial charge on any atom is 0.258 e. The Hall–Kier alpha value is -3.47. The first-order valence-corrected chi connectivity index (χ1v) is 8.58. The van der Waals surface area contributed by atoms with Crippen LogP contribution in [0.4, 0.5) is 0 Å². The fourth-order valence-electron chi connectivity index (χ4n) is 2.40. The Morgan fingerprint density at radius 3 is 2.26 bits per heavy atom. The highest BCUT2D eigenvalue weighted by Crippen LogP contribution is 2.24. The second-order valence-corrected chi connectivity index (χ2v) is 5.80. The van der Waals surface area contributed by atoms with Crippen LogP contribution in [-0.4, -0.2) is 19.6 Å². The van der Waals surface area contributed by atoms with Gasteiger partial charge in [-0.1, -0.05) is 36.4 Å². The average Bonchev–Trinajstić information content (AvgIpc) is 2.72. The molecule has 5 nitrogen and oxygen atoms in total. The van der Waals surface area contributed by atoms with E-state index in [2.05, 4.69) is 5.32 Å². The molecule has 0 saturated heterocycles. The van der Waals surface area contributed by atoms with Gasteiger partial charge in [0.15, 0.2) is 6.61 Å². The molecule has 3 aromatic rings. The fraction of sp³-hybridized carbons (Fsp3) is 0.136. The number of rotatable bonds is 8. The molecule has 3 aromatic carbocycles. The lowest BCUT2D eigenvalue weighted by Crippen LogP contribution is -2.28. The molecule has 0 aliphatic heterocycles. The van der Waals surface area contributed by atoms with Crippen LogP contribution in [0.25, 0.3) is 0 Å². The molecule has 3 rings (SSSR count). The fourth-order valence-corrected chi connectivity index (χ4v) is 2.40. The summed E-state index contributed by atoms with van der Waals surface area (Å²) >= 11 is 0. The second kappa shape index (κ2) is 9.29. The molecule has 0 bridgehead atoms. The van der Waals surface area contributed by atoms with Gasteiger partial charge in [0.1, 0.15) is 23.0 Å². The van der Waals surface area contributed by atoms with E-state index in [-0.39, 0.29) is 12.5 Å². The van der Waals surface area contributed by atoms with Crippen LogP contribution in [0.3, 0.4) is 0 Å². The molecule has 1 amide bonds. The smallest absolute Gasteiger partial charge is 0.258 e. The molecule has 5 heteroatoms. The predicted octanol–water partition coefficient (Wildman–Crippen LogP) is 4.18. The molecule has 27 heavy (non-hydrogen) atoms. The molecule has 1 N–H and O–H groups in total. The van der Waals surface area contributed by atoms with Gasteiger partial charge in [0, 0.05) is 12.6 Å². The Morgan fingerprint density at radius 2 is 1.52 bits per heavy atom. The number of benzene rings is 3.